The number of benzene rings is 1. The van der Waals surface area contributed by atoms with E-state index in [4.69, 9.17) is 0 Å². The first-order chi connectivity index (χ1) is 9.92. The molecule has 98 valence electrons. The lowest BCUT2D eigenvalue weighted by atomic mass is 10.0. The fourth-order valence-electron chi connectivity index (χ4n) is 2.40. The molecule has 4 nitrogen and oxygen atoms in total. The maximum Gasteiger partial charge on any atom is 0.226 e. The predicted molar refractivity (Wildman–Crippen MR) is 80.5 cm³/mol. The first kappa shape index (κ1) is 11.4. The lowest BCUT2D eigenvalue weighted by Crippen LogP contribution is -2.19. The highest BCUT2D eigenvalue weighted by atomic mass is 32.1. The molecule has 4 rings (SSSR count). The predicted octanol–water partition coefficient (Wildman–Crippen LogP) is 3.40. The molecule has 0 fully saturated rings. The first-order valence-corrected chi connectivity index (χ1v) is 7.27. The van der Waals surface area contributed by atoms with E-state index in [2.05, 4.69) is 51.1 Å². The van der Waals surface area contributed by atoms with Crippen LogP contribution in [0.5, 0.6) is 0 Å². The van der Waals surface area contributed by atoms with Crippen molar-refractivity contribution in [1.29, 1.82) is 0 Å². The maximum atomic E-state index is 4.33. The minimum Gasteiger partial charge on any atom is -0.323 e. The molecule has 1 aliphatic heterocycles. The molecule has 0 aliphatic carbocycles. The molecule has 0 spiro atoms. The van der Waals surface area contributed by atoms with Gasteiger partial charge in [0.1, 0.15) is 12.4 Å². The Bertz CT molecular complexity index is 743. The molecule has 1 aliphatic rings. The fraction of sp³-hybridized carbons (Fsp3) is 0.0667. The maximum absolute atomic E-state index is 4.33. The Balaban J connectivity index is 1.84. The molecule has 3 aromatic rings. The van der Waals surface area contributed by atoms with Gasteiger partial charge in [-0.25, -0.2) is 4.68 Å². The van der Waals surface area contributed by atoms with Gasteiger partial charge in [-0.3, -0.25) is 0 Å². The summed E-state index contributed by atoms with van der Waals surface area (Å²) in [4.78, 5) is 5.51. The van der Waals surface area contributed by atoms with Gasteiger partial charge in [0.15, 0.2) is 0 Å². The van der Waals surface area contributed by atoms with Gasteiger partial charge >= 0.3 is 0 Å². The van der Waals surface area contributed by atoms with Gasteiger partial charge in [0.05, 0.1) is 10.6 Å². The molecule has 0 bridgehead atoms. The highest BCUT2D eigenvalue weighted by Gasteiger charge is 2.23. The van der Waals surface area contributed by atoms with E-state index >= 15 is 0 Å². The summed E-state index contributed by atoms with van der Waals surface area (Å²) in [6.45, 7) is 0. The van der Waals surface area contributed by atoms with Crippen LogP contribution < -0.4 is 5.32 Å². The number of hydrogen-bond acceptors (Lipinski definition) is 4. The number of anilines is 1. The topological polar surface area (TPSA) is 42.7 Å². The van der Waals surface area contributed by atoms with Crippen LogP contribution in [0.2, 0.25) is 0 Å². The van der Waals surface area contributed by atoms with Crippen LogP contribution in [-0.4, -0.2) is 14.8 Å². The molecule has 0 radical (unpaired) electrons. The zero-order valence-electron chi connectivity index (χ0n) is 10.6. The van der Waals surface area contributed by atoms with Gasteiger partial charge in [-0.1, -0.05) is 36.4 Å². The van der Waals surface area contributed by atoms with Crippen molar-refractivity contribution in [3.63, 3.8) is 0 Å². The standard InChI is InChI=1S/C15H12N4S/c1-2-5-11(6-3-1)13-9-12(14-7-4-8-20-14)18-15-16-10-17-19(13)15/h1-10,13H,(H,16,17,18). The number of thiophene rings is 1. The second-order valence-electron chi connectivity index (χ2n) is 4.57. The van der Waals surface area contributed by atoms with Crippen molar-refractivity contribution in [1.82, 2.24) is 14.8 Å². The highest BCUT2D eigenvalue weighted by Crippen LogP contribution is 2.32. The van der Waals surface area contributed by atoms with Crippen LogP contribution in [0.25, 0.3) is 5.70 Å². The van der Waals surface area contributed by atoms with Gasteiger partial charge in [-0.15, -0.1) is 11.3 Å². The van der Waals surface area contributed by atoms with E-state index in [9.17, 15) is 0 Å². The van der Waals surface area contributed by atoms with Crippen LogP contribution >= 0.6 is 11.3 Å². The minimum atomic E-state index is 0.0760. The Morgan fingerprint density at radius 3 is 2.80 bits per heavy atom. The lowest BCUT2D eigenvalue weighted by molar-refractivity contribution is 0.612. The Hall–Kier alpha value is -2.40. The van der Waals surface area contributed by atoms with Crippen molar-refractivity contribution >= 4 is 23.0 Å². The molecule has 1 atom stereocenters. The lowest BCUT2D eigenvalue weighted by Gasteiger charge is -2.23. The van der Waals surface area contributed by atoms with E-state index in [1.165, 1.54) is 10.4 Å². The van der Waals surface area contributed by atoms with Gasteiger partial charge in [-0.2, -0.15) is 10.1 Å². The van der Waals surface area contributed by atoms with Crippen LogP contribution in [-0.2, 0) is 0 Å². The van der Waals surface area contributed by atoms with Crippen molar-refractivity contribution < 1.29 is 0 Å². The number of aromatic nitrogens is 3. The smallest absolute Gasteiger partial charge is 0.226 e. The van der Waals surface area contributed by atoms with Crippen molar-refractivity contribution in [2.75, 3.05) is 5.32 Å². The second-order valence-corrected chi connectivity index (χ2v) is 5.51. The summed E-state index contributed by atoms with van der Waals surface area (Å²) in [6, 6.07) is 14.6. The molecule has 1 unspecified atom stereocenters. The largest absolute Gasteiger partial charge is 0.323 e. The van der Waals surface area contributed by atoms with E-state index < -0.39 is 0 Å². The second kappa shape index (κ2) is 4.61. The summed E-state index contributed by atoms with van der Waals surface area (Å²) in [5.74, 6) is 0.782. The average Bonchev–Trinajstić information content (AvgIpc) is 3.18. The van der Waals surface area contributed by atoms with Crippen LogP contribution in [0.4, 0.5) is 5.95 Å². The summed E-state index contributed by atoms with van der Waals surface area (Å²) >= 11 is 1.72. The molecule has 3 heterocycles. The van der Waals surface area contributed by atoms with Gasteiger partial charge in [0.25, 0.3) is 0 Å². The van der Waals surface area contributed by atoms with Gasteiger partial charge in [-0.05, 0) is 23.1 Å². The number of fused-ring (bicyclic) bond motifs is 1. The normalized spacial score (nSPS) is 17.2. The molecule has 2 aromatic heterocycles. The van der Waals surface area contributed by atoms with E-state index in [0.717, 1.165) is 11.6 Å². The zero-order valence-corrected chi connectivity index (χ0v) is 11.4. The molecule has 1 aromatic carbocycles. The molecular weight excluding hydrogens is 268 g/mol. The number of rotatable bonds is 2. The molecule has 5 heteroatoms. The molecular formula is C15H12N4S. The van der Waals surface area contributed by atoms with Crippen LogP contribution in [0.1, 0.15) is 16.5 Å². The molecule has 0 saturated heterocycles. The molecule has 1 N–H and O–H groups in total. The molecule has 0 amide bonds. The third kappa shape index (κ3) is 1.83. The Labute approximate surface area is 120 Å². The molecule has 20 heavy (non-hydrogen) atoms. The number of hydrogen-bond donors (Lipinski definition) is 1. The summed E-state index contributed by atoms with van der Waals surface area (Å²) < 4.78 is 1.91. The summed E-state index contributed by atoms with van der Waals surface area (Å²) in [7, 11) is 0. The Morgan fingerprint density at radius 2 is 2.00 bits per heavy atom. The summed E-state index contributed by atoms with van der Waals surface area (Å²) in [5.41, 5.74) is 2.30. The zero-order chi connectivity index (χ0) is 13.4. The monoisotopic (exact) mass is 280 g/mol. The van der Waals surface area contributed by atoms with Crippen molar-refractivity contribution in [2.24, 2.45) is 0 Å². The van der Waals surface area contributed by atoms with Crippen molar-refractivity contribution in [3.8, 4) is 0 Å². The van der Waals surface area contributed by atoms with E-state index in [0.29, 0.717) is 0 Å². The fourth-order valence-corrected chi connectivity index (χ4v) is 3.10. The third-order valence-electron chi connectivity index (χ3n) is 3.34. The van der Waals surface area contributed by atoms with E-state index in [1.807, 2.05) is 22.9 Å². The van der Waals surface area contributed by atoms with E-state index in [1.54, 1.807) is 17.7 Å². The number of nitrogens with zero attached hydrogens (tertiary/aromatic N) is 3. The number of allylic oxidation sites excluding steroid dienone is 1. The molecule has 0 saturated carbocycles. The van der Waals surface area contributed by atoms with Crippen molar-refractivity contribution in [2.45, 2.75) is 6.04 Å². The van der Waals surface area contributed by atoms with Crippen LogP contribution in [0.15, 0.2) is 60.2 Å². The highest BCUT2D eigenvalue weighted by molar-refractivity contribution is 7.11. The van der Waals surface area contributed by atoms with Crippen LogP contribution in [0, 0.1) is 0 Å². The summed E-state index contributed by atoms with van der Waals surface area (Å²) in [6.07, 6.45) is 3.78. The Kier molecular flexibility index (Phi) is 2.63. The Morgan fingerprint density at radius 1 is 1.10 bits per heavy atom. The third-order valence-corrected chi connectivity index (χ3v) is 4.24. The first-order valence-electron chi connectivity index (χ1n) is 6.39. The van der Waals surface area contributed by atoms with E-state index in [-0.39, 0.29) is 6.04 Å². The SMILES string of the molecule is C1=C(c2cccs2)Nc2ncnn2C1c1ccccc1. The van der Waals surface area contributed by atoms with Gasteiger partial charge in [0, 0.05) is 0 Å². The number of nitrogens with one attached hydrogen (secondary N) is 1. The van der Waals surface area contributed by atoms with Gasteiger partial charge < -0.3 is 5.32 Å². The summed E-state index contributed by atoms with van der Waals surface area (Å²) in [5, 5.41) is 9.75. The van der Waals surface area contributed by atoms with Crippen molar-refractivity contribution in [3.05, 3.63) is 70.7 Å². The minimum absolute atomic E-state index is 0.0760. The quantitative estimate of drug-likeness (QED) is 0.782. The van der Waals surface area contributed by atoms with Gasteiger partial charge in [0.2, 0.25) is 5.95 Å². The average molecular weight is 280 g/mol. The van der Waals surface area contributed by atoms with Crippen LogP contribution in [0.3, 0.4) is 0 Å².